The van der Waals surface area contributed by atoms with E-state index in [0.717, 1.165) is 37.1 Å². The summed E-state index contributed by atoms with van der Waals surface area (Å²) in [6.45, 7) is 6.27. The maximum Gasteiger partial charge on any atom is 0.223 e. The van der Waals surface area contributed by atoms with Crippen molar-refractivity contribution in [2.24, 2.45) is 0 Å². The van der Waals surface area contributed by atoms with Gasteiger partial charge in [-0.3, -0.25) is 4.79 Å². The Balaban J connectivity index is 1.53. The van der Waals surface area contributed by atoms with Gasteiger partial charge in [-0.2, -0.15) is 0 Å². The minimum atomic E-state index is -0.242. The molecule has 1 aliphatic heterocycles. The summed E-state index contributed by atoms with van der Waals surface area (Å²) in [6.07, 6.45) is 2.40. The molecule has 0 radical (unpaired) electrons. The van der Waals surface area contributed by atoms with Crippen LogP contribution in [0, 0.1) is 19.7 Å². The van der Waals surface area contributed by atoms with Gasteiger partial charge in [0.25, 0.3) is 0 Å². The van der Waals surface area contributed by atoms with Gasteiger partial charge in [0.2, 0.25) is 5.91 Å². The van der Waals surface area contributed by atoms with Crippen LogP contribution in [0.15, 0.2) is 42.5 Å². The quantitative estimate of drug-likeness (QED) is 0.759. The monoisotopic (exact) mass is 354 g/mol. The molecule has 0 bridgehead atoms. The Morgan fingerprint density at radius 1 is 1.19 bits per heavy atom. The Labute approximate surface area is 155 Å². The lowest BCUT2D eigenvalue weighted by molar-refractivity contribution is -0.129. The normalized spacial score (nSPS) is 17.1. The molecule has 1 heterocycles. The van der Waals surface area contributed by atoms with Gasteiger partial charge in [0.15, 0.2) is 0 Å². The first kappa shape index (κ1) is 18.6. The summed E-state index contributed by atoms with van der Waals surface area (Å²) in [7, 11) is 0. The highest BCUT2D eigenvalue weighted by Gasteiger charge is 2.30. The first-order valence-electron chi connectivity index (χ1n) is 9.33. The zero-order chi connectivity index (χ0) is 18.5. The molecule has 1 atom stereocenters. The number of benzene rings is 2. The first-order chi connectivity index (χ1) is 12.5. The third kappa shape index (κ3) is 4.70. The number of aryl methyl sites for hydroxylation is 2. The number of hydrogen-bond donors (Lipinski definition) is 1. The third-order valence-corrected chi connectivity index (χ3v) is 5.17. The topological polar surface area (TPSA) is 32.3 Å². The van der Waals surface area contributed by atoms with Crippen LogP contribution in [0.1, 0.15) is 41.5 Å². The van der Waals surface area contributed by atoms with Crippen LogP contribution in [0.25, 0.3) is 0 Å². The van der Waals surface area contributed by atoms with Crippen LogP contribution < -0.4 is 5.32 Å². The lowest BCUT2D eigenvalue weighted by Gasteiger charge is -2.26. The number of carbonyl (C=O) groups is 1. The third-order valence-electron chi connectivity index (χ3n) is 5.17. The molecular weight excluding hydrogens is 327 g/mol. The Morgan fingerprint density at radius 2 is 2.04 bits per heavy atom. The lowest BCUT2D eigenvalue weighted by atomic mass is 10.1. The second-order valence-electron chi connectivity index (χ2n) is 7.24. The van der Waals surface area contributed by atoms with Gasteiger partial charge in [0, 0.05) is 25.6 Å². The van der Waals surface area contributed by atoms with Crippen LogP contribution in [-0.4, -0.2) is 23.4 Å². The van der Waals surface area contributed by atoms with Crippen molar-refractivity contribution in [2.75, 3.05) is 6.54 Å². The van der Waals surface area contributed by atoms with Gasteiger partial charge >= 0.3 is 0 Å². The SMILES string of the molecule is Cc1cccc(CNCCC2CCC(=O)N2Cc2cc(F)ccc2C)c1. The fourth-order valence-electron chi connectivity index (χ4n) is 3.63. The van der Waals surface area contributed by atoms with Crippen molar-refractivity contribution in [1.29, 1.82) is 0 Å². The van der Waals surface area contributed by atoms with Crippen molar-refractivity contribution < 1.29 is 9.18 Å². The molecular formula is C22H27FN2O. The molecule has 138 valence electrons. The van der Waals surface area contributed by atoms with Crippen molar-refractivity contribution in [3.05, 3.63) is 70.5 Å². The van der Waals surface area contributed by atoms with Crippen molar-refractivity contribution in [3.63, 3.8) is 0 Å². The standard InChI is InChI=1S/C22H27FN2O/c1-16-4-3-5-18(12-16)14-24-11-10-21-8-9-22(26)25(21)15-19-13-20(23)7-6-17(19)2/h3-7,12-13,21,24H,8-11,14-15H2,1-2H3. The smallest absolute Gasteiger partial charge is 0.223 e. The molecule has 4 heteroatoms. The number of halogens is 1. The number of hydrogen-bond acceptors (Lipinski definition) is 2. The van der Waals surface area contributed by atoms with Crippen LogP contribution in [0.3, 0.4) is 0 Å². The summed E-state index contributed by atoms with van der Waals surface area (Å²) in [5, 5.41) is 3.48. The molecule has 1 fully saturated rings. The largest absolute Gasteiger partial charge is 0.335 e. The molecule has 3 rings (SSSR count). The molecule has 0 saturated carbocycles. The molecule has 26 heavy (non-hydrogen) atoms. The van der Waals surface area contributed by atoms with Gasteiger partial charge in [0.05, 0.1) is 0 Å². The summed E-state index contributed by atoms with van der Waals surface area (Å²) >= 11 is 0. The molecule has 1 amide bonds. The second-order valence-corrected chi connectivity index (χ2v) is 7.24. The number of nitrogens with one attached hydrogen (secondary N) is 1. The molecule has 0 aliphatic carbocycles. The van der Waals surface area contributed by atoms with E-state index in [0.29, 0.717) is 13.0 Å². The van der Waals surface area contributed by atoms with Gasteiger partial charge < -0.3 is 10.2 Å². The van der Waals surface area contributed by atoms with Crippen LogP contribution in [0.4, 0.5) is 4.39 Å². The highest BCUT2D eigenvalue weighted by atomic mass is 19.1. The van der Waals surface area contributed by atoms with Gasteiger partial charge in [-0.1, -0.05) is 35.9 Å². The van der Waals surface area contributed by atoms with E-state index in [-0.39, 0.29) is 17.8 Å². The van der Waals surface area contributed by atoms with Crippen molar-refractivity contribution >= 4 is 5.91 Å². The minimum absolute atomic E-state index is 0.178. The molecule has 2 aromatic rings. The predicted octanol–water partition coefficient (Wildman–Crippen LogP) is 4.11. The molecule has 2 aromatic carbocycles. The Hall–Kier alpha value is -2.20. The number of carbonyl (C=O) groups excluding carboxylic acids is 1. The molecule has 1 N–H and O–H groups in total. The van der Waals surface area contributed by atoms with Crippen LogP contribution in [-0.2, 0) is 17.9 Å². The van der Waals surface area contributed by atoms with E-state index < -0.39 is 0 Å². The molecule has 3 nitrogen and oxygen atoms in total. The summed E-state index contributed by atoms with van der Waals surface area (Å²) in [5.74, 6) is -0.0639. The molecule has 1 saturated heterocycles. The number of rotatable bonds is 7. The fourth-order valence-corrected chi connectivity index (χ4v) is 3.63. The Morgan fingerprint density at radius 3 is 2.85 bits per heavy atom. The maximum atomic E-state index is 13.5. The van der Waals surface area contributed by atoms with E-state index >= 15 is 0 Å². The van der Waals surface area contributed by atoms with E-state index in [4.69, 9.17) is 0 Å². The Kier molecular flexibility index (Phi) is 6.04. The zero-order valence-electron chi connectivity index (χ0n) is 15.6. The summed E-state index contributed by atoms with van der Waals surface area (Å²) < 4.78 is 13.5. The number of nitrogens with zero attached hydrogens (tertiary/aromatic N) is 1. The Bertz CT molecular complexity index is 774. The van der Waals surface area contributed by atoms with E-state index in [1.54, 1.807) is 12.1 Å². The van der Waals surface area contributed by atoms with E-state index in [1.165, 1.54) is 17.2 Å². The highest BCUT2D eigenvalue weighted by Crippen LogP contribution is 2.25. The maximum absolute atomic E-state index is 13.5. The fraction of sp³-hybridized carbons (Fsp3) is 0.409. The van der Waals surface area contributed by atoms with Gasteiger partial charge in [-0.05, 0) is 62.1 Å². The van der Waals surface area contributed by atoms with Crippen LogP contribution >= 0.6 is 0 Å². The van der Waals surface area contributed by atoms with Crippen molar-refractivity contribution in [3.8, 4) is 0 Å². The van der Waals surface area contributed by atoms with Crippen molar-refractivity contribution in [1.82, 2.24) is 10.2 Å². The second kappa shape index (κ2) is 8.45. The first-order valence-corrected chi connectivity index (χ1v) is 9.33. The number of amides is 1. The lowest BCUT2D eigenvalue weighted by Crippen LogP contribution is -2.34. The van der Waals surface area contributed by atoms with E-state index in [2.05, 4.69) is 36.5 Å². The van der Waals surface area contributed by atoms with Crippen LogP contribution in [0.2, 0.25) is 0 Å². The highest BCUT2D eigenvalue weighted by molar-refractivity contribution is 5.78. The summed E-state index contributed by atoms with van der Waals surface area (Å²) in [5.41, 5.74) is 4.47. The van der Waals surface area contributed by atoms with Crippen LogP contribution in [0.5, 0.6) is 0 Å². The minimum Gasteiger partial charge on any atom is -0.335 e. The van der Waals surface area contributed by atoms with E-state index in [1.807, 2.05) is 11.8 Å². The summed E-state index contributed by atoms with van der Waals surface area (Å²) in [4.78, 5) is 14.2. The van der Waals surface area contributed by atoms with Gasteiger partial charge in [-0.15, -0.1) is 0 Å². The molecule has 1 unspecified atom stereocenters. The average molecular weight is 354 g/mol. The predicted molar refractivity (Wildman–Crippen MR) is 102 cm³/mol. The summed E-state index contributed by atoms with van der Waals surface area (Å²) in [6, 6.07) is 13.5. The average Bonchev–Trinajstić information content (AvgIpc) is 2.95. The van der Waals surface area contributed by atoms with Gasteiger partial charge in [-0.25, -0.2) is 4.39 Å². The zero-order valence-corrected chi connectivity index (χ0v) is 15.6. The molecule has 0 spiro atoms. The number of likely N-dealkylation sites (tertiary alicyclic amines) is 1. The van der Waals surface area contributed by atoms with Gasteiger partial charge in [0.1, 0.15) is 5.82 Å². The van der Waals surface area contributed by atoms with Crippen molar-refractivity contribution in [2.45, 2.75) is 52.2 Å². The van der Waals surface area contributed by atoms with E-state index in [9.17, 15) is 9.18 Å². The molecule has 0 aromatic heterocycles. The molecule has 1 aliphatic rings.